The van der Waals surface area contributed by atoms with E-state index in [-0.39, 0.29) is 0 Å². The second kappa shape index (κ2) is 6.20. The van der Waals surface area contributed by atoms with E-state index in [1.807, 2.05) is 13.8 Å². The average Bonchev–Trinajstić information content (AvgIpc) is 2.75. The number of nitrogens with one attached hydrogen (secondary N) is 1. The van der Waals surface area contributed by atoms with E-state index in [0.29, 0.717) is 6.04 Å². The molecule has 1 saturated heterocycles. The zero-order valence-electron chi connectivity index (χ0n) is 8.89. The molecule has 1 atom stereocenters. The SMILES string of the molecule is Brc1ccc(C2CCCN2)cc1.CC. The molecule has 1 fully saturated rings. The van der Waals surface area contributed by atoms with Crippen molar-refractivity contribution >= 4 is 15.9 Å². The number of hydrogen-bond donors (Lipinski definition) is 1. The summed E-state index contributed by atoms with van der Waals surface area (Å²) in [7, 11) is 0. The Kier molecular flexibility index (Phi) is 5.20. The summed E-state index contributed by atoms with van der Waals surface area (Å²) in [5.41, 5.74) is 1.41. The first-order valence-electron chi connectivity index (χ1n) is 5.35. The second-order valence-corrected chi connectivity index (χ2v) is 4.12. The normalized spacial score (nSPS) is 20.1. The van der Waals surface area contributed by atoms with E-state index in [9.17, 15) is 0 Å². The summed E-state index contributed by atoms with van der Waals surface area (Å²) in [6.45, 7) is 5.17. The van der Waals surface area contributed by atoms with Gasteiger partial charge in [-0.1, -0.05) is 41.9 Å². The van der Waals surface area contributed by atoms with Gasteiger partial charge in [0, 0.05) is 10.5 Å². The van der Waals surface area contributed by atoms with Crippen LogP contribution in [0.25, 0.3) is 0 Å². The maximum absolute atomic E-state index is 3.48. The number of hydrogen-bond acceptors (Lipinski definition) is 1. The van der Waals surface area contributed by atoms with Crippen molar-refractivity contribution in [2.24, 2.45) is 0 Å². The summed E-state index contributed by atoms with van der Waals surface area (Å²) >= 11 is 3.43. The maximum Gasteiger partial charge on any atom is 0.0320 e. The Bertz CT molecular complexity index is 250. The van der Waals surface area contributed by atoms with Crippen molar-refractivity contribution in [3.8, 4) is 0 Å². The van der Waals surface area contributed by atoms with Gasteiger partial charge in [0.15, 0.2) is 0 Å². The molecule has 0 bridgehead atoms. The topological polar surface area (TPSA) is 12.0 Å². The summed E-state index contributed by atoms with van der Waals surface area (Å²) in [6.07, 6.45) is 2.59. The van der Waals surface area contributed by atoms with Crippen molar-refractivity contribution in [2.45, 2.75) is 32.7 Å². The summed E-state index contributed by atoms with van der Waals surface area (Å²) in [6, 6.07) is 9.18. The zero-order valence-corrected chi connectivity index (χ0v) is 10.5. The first-order chi connectivity index (χ1) is 6.86. The predicted octanol–water partition coefficient (Wildman–Crippen LogP) is 3.90. The number of benzene rings is 1. The first-order valence-corrected chi connectivity index (χ1v) is 6.14. The molecule has 2 heteroatoms. The average molecular weight is 256 g/mol. The van der Waals surface area contributed by atoms with E-state index in [1.54, 1.807) is 0 Å². The van der Waals surface area contributed by atoms with Gasteiger partial charge in [-0.2, -0.15) is 0 Å². The maximum atomic E-state index is 3.48. The van der Waals surface area contributed by atoms with Gasteiger partial charge in [0.05, 0.1) is 0 Å². The molecule has 2 rings (SSSR count). The molecule has 1 aliphatic heterocycles. The molecule has 78 valence electrons. The van der Waals surface area contributed by atoms with E-state index < -0.39 is 0 Å². The lowest BCUT2D eigenvalue weighted by Crippen LogP contribution is -2.12. The summed E-state index contributed by atoms with van der Waals surface area (Å²) in [5.74, 6) is 0. The minimum atomic E-state index is 0.595. The highest BCUT2D eigenvalue weighted by molar-refractivity contribution is 9.10. The third kappa shape index (κ3) is 3.10. The monoisotopic (exact) mass is 255 g/mol. The lowest BCUT2D eigenvalue weighted by atomic mass is 10.1. The highest BCUT2D eigenvalue weighted by Gasteiger charge is 2.15. The minimum absolute atomic E-state index is 0.595. The molecule has 0 spiro atoms. The van der Waals surface area contributed by atoms with Crippen molar-refractivity contribution in [3.05, 3.63) is 34.3 Å². The van der Waals surface area contributed by atoms with Gasteiger partial charge in [-0.15, -0.1) is 0 Å². The molecule has 0 saturated carbocycles. The molecular formula is C12H18BrN. The van der Waals surface area contributed by atoms with Crippen molar-refractivity contribution in [2.75, 3.05) is 6.54 Å². The van der Waals surface area contributed by atoms with Crippen LogP contribution >= 0.6 is 15.9 Å². The Morgan fingerprint density at radius 2 is 1.86 bits per heavy atom. The van der Waals surface area contributed by atoms with Crippen LogP contribution < -0.4 is 5.32 Å². The quantitative estimate of drug-likeness (QED) is 0.803. The van der Waals surface area contributed by atoms with Crippen LogP contribution in [0.15, 0.2) is 28.7 Å². The Hall–Kier alpha value is -0.340. The molecule has 1 aromatic carbocycles. The predicted molar refractivity (Wildman–Crippen MR) is 65.5 cm³/mol. The van der Waals surface area contributed by atoms with E-state index >= 15 is 0 Å². The Morgan fingerprint density at radius 3 is 2.36 bits per heavy atom. The van der Waals surface area contributed by atoms with Crippen molar-refractivity contribution in [1.82, 2.24) is 5.32 Å². The fourth-order valence-corrected chi connectivity index (χ4v) is 1.93. The van der Waals surface area contributed by atoms with E-state index in [2.05, 4.69) is 45.5 Å². The molecule has 1 aromatic rings. The Labute approximate surface area is 95.0 Å². The fraction of sp³-hybridized carbons (Fsp3) is 0.500. The van der Waals surface area contributed by atoms with E-state index in [1.165, 1.54) is 24.9 Å². The summed E-state index contributed by atoms with van der Waals surface area (Å²) in [4.78, 5) is 0. The molecule has 1 N–H and O–H groups in total. The van der Waals surface area contributed by atoms with Gasteiger partial charge < -0.3 is 5.32 Å². The lowest BCUT2D eigenvalue weighted by Gasteiger charge is -2.09. The zero-order chi connectivity index (χ0) is 10.4. The van der Waals surface area contributed by atoms with Gasteiger partial charge in [-0.05, 0) is 37.1 Å². The van der Waals surface area contributed by atoms with Crippen LogP contribution in [0, 0.1) is 0 Å². The summed E-state index contributed by atoms with van der Waals surface area (Å²) in [5, 5.41) is 3.48. The largest absolute Gasteiger partial charge is 0.310 e. The fourth-order valence-electron chi connectivity index (χ4n) is 1.66. The van der Waals surface area contributed by atoms with E-state index in [0.717, 1.165) is 4.47 Å². The van der Waals surface area contributed by atoms with Crippen LogP contribution in [0.2, 0.25) is 0 Å². The van der Waals surface area contributed by atoms with Crippen molar-refractivity contribution in [3.63, 3.8) is 0 Å². The van der Waals surface area contributed by atoms with Crippen molar-refractivity contribution < 1.29 is 0 Å². The van der Waals surface area contributed by atoms with Crippen LogP contribution in [-0.4, -0.2) is 6.54 Å². The molecule has 1 aliphatic rings. The lowest BCUT2D eigenvalue weighted by molar-refractivity contribution is 0.648. The van der Waals surface area contributed by atoms with Crippen LogP contribution in [0.1, 0.15) is 38.3 Å². The molecule has 1 nitrogen and oxygen atoms in total. The molecule has 0 radical (unpaired) electrons. The van der Waals surface area contributed by atoms with Gasteiger partial charge in [-0.3, -0.25) is 0 Å². The second-order valence-electron chi connectivity index (χ2n) is 3.20. The molecule has 0 aromatic heterocycles. The van der Waals surface area contributed by atoms with Gasteiger partial charge in [0.1, 0.15) is 0 Å². The highest BCUT2D eigenvalue weighted by Crippen LogP contribution is 2.23. The Balaban J connectivity index is 0.000000461. The summed E-state index contributed by atoms with van der Waals surface area (Å²) < 4.78 is 1.16. The molecule has 0 amide bonds. The molecular weight excluding hydrogens is 238 g/mol. The first kappa shape index (κ1) is 11.7. The smallest absolute Gasteiger partial charge is 0.0320 e. The Morgan fingerprint density at radius 1 is 1.21 bits per heavy atom. The van der Waals surface area contributed by atoms with Gasteiger partial charge in [-0.25, -0.2) is 0 Å². The third-order valence-electron chi connectivity index (χ3n) is 2.33. The van der Waals surface area contributed by atoms with Crippen LogP contribution in [0.4, 0.5) is 0 Å². The molecule has 1 heterocycles. The van der Waals surface area contributed by atoms with Crippen LogP contribution in [0.5, 0.6) is 0 Å². The van der Waals surface area contributed by atoms with Crippen molar-refractivity contribution in [1.29, 1.82) is 0 Å². The molecule has 14 heavy (non-hydrogen) atoms. The minimum Gasteiger partial charge on any atom is -0.310 e. The van der Waals surface area contributed by atoms with Gasteiger partial charge >= 0.3 is 0 Å². The number of halogens is 1. The third-order valence-corrected chi connectivity index (χ3v) is 2.86. The molecule has 1 unspecified atom stereocenters. The standard InChI is InChI=1S/C10H12BrN.C2H6/c11-9-5-3-8(4-6-9)10-2-1-7-12-10;1-2/h3-6,10,12H,1-2,7H2;1-2H3. The van der Waals surface area contributed by atoms with Crippen LogP contribution in [0.3, 0.4) is 0 Å². The van der Waals surface area contributed by atoms with Gasteiger partial charge in [0.25, 0.3) is 0 Å². The van der Waals surface area contributed by atoms with E-state index in [4.69, 9.17) is 0 Å². The van der Waals surface area contributed by atoms with Gasteiger partial charge in [0.2, 0.25) is 0 Å². The van der Waals surface area contributed by atoms with Crippen LogP contribution in [-0.2, 0) is 0 Å². The molecule has 0 aliphatic carbocycles. The number of rotatable bonds is 1. The highest BCUT2D eigenvalue weighted by atomic mass is 79.9.